The highest BCUT2D eigenvalue weighted by Gasteiger charge is 2.14. The van der Waals surface area contributed by atoms with Crippen molar-refractivity contribution < 1.29 is 4.79 Å². The Bertz CT molecular complexity index is 733. The summed E-state index contributed by atoms with van der Waals surface area (Å²) >= 11 is 0. The van der Waals surface area contributed by atoms with Gasteiger partial charge in [-0.25, -0.2) is 0 Å². The maximum atomic E-state index is 12.2. The average molecular weight is 341 g/mol. The molecule has 25 heavy (non-hydrogen) atoms. The van der Waals surface area contributed by atoms with Crippen LogP contribution in [0.25, 0.3) is 0 Å². The van der Waals surface area contributed by atoms with Crippen molar-refractivity contribution in [1.29, 1.82) is 0 Å². The molecule has 1 saturated heterocycles. The molecule has 2 N–H and O–H groups in total. The molecule has 1 aliphatic rings. The van der Waals surface area contributed by atoms with Gasteiger partial charge in [-0.05, 0) is 44.4 Å². The number of aromatic nitrogens is 2. The highest BCUT2D eigenvalue weighted by atomic mass is 16.2. The maximum absolute atomic E-state index is 12.2. The number of aryl methyl sites for hydroxylation is 2. The summed E-state index contributed by atoms with van der Waals surface area (Å²) in [7, 11) is 1.82. The van der Waals surface area contributed by atoms with Crippen molar-refractivity contribution in [3.63, 3.8) is 0 Å². The zero-order chi connectivity index (χ0) is 17.8. The van der Waals surface area contributed by atoms with Crippen LogP contribution in [0, 0.1) is 6.92 Å². The van der Waals surface area contributed by atoms with Crippen LogP contribution in [-0.4, -0.2) is 35.3 Å². The Hall–Kier alpha value is -2.34. The molecule has 0 unspecified atom stereocenters. The Labute approximate surface area is 149 Å². The van der Waals surface area contributed by atoms with Crippen molar-refractivity contribution in [1.82, 2.24) is 15.1 Å². The highest BCUT2D eigenvalue weighted by molar-refractivity contribution is 5.91. The largest absolute Gasteiger partial charge is 0.372 e. The number of benzene rings is 1. The first kappa shape index (κ1) is 17.5. The first-order chi connectivity index (χ1) is 12.0. The second-order valence-electron chi connectivity index (χ2n) is 6.73. The van der Waals surface area contributed by atoms with Crippen LogP contribution >= 0.6 is 0 Å². The van der Waals surface area contributed by atoms with Gasteiger partial charge in [0.1, 0.15) is 5.82 Å². The molecule has 2 aromatic rings. The normalized spacial score (nSPS) is 15.4. The van der Waals surface area contributed by atoms with Crippen molar-refractivity contribution in [3.8, 4) is 0 Å². The van der Waals surface area contributed by atoms with Gasteiger partial charge in [0.15, 0.2) is 0 Å². The van der Waals surface area contributed by atoms with Crippen LogP contribution < -0.4 is 15.5 Å². The van der Waals surface area contributed by atoms with Crippen molar-refractivity contribution in [2.45, 2.75) is 32.7 Å². The SMILES string of the molecule is Cc1cc(NC(=O)CN[C@@H](C)c2cccc(N3CCCC3)c2)n(C)n1. The molecule has 1 aromatic carbocycles. The Morgan fingerprint density at radius 1 is 1.28 bits per heavy atom. The fourth-order valence-electron chi connectivity index (χ4n) is 3.24. The summed E-state index contributed by atoms with van der Waals surface area (Å²) in [6.07, 6.45) is 2.54. The standard InChI is InChI=1S/C19H27N5O/c1-14-11-18(23(3)22-14)21-19(25)13-20-15(2)16-7-6-8-17(12-16)24-9-4-5-10-24/h6-8,11-12,15,20H,4-5,9-10,13H2,1-3H3,(H,21,25)/t15-/m0/s1. The Kier molecular flexibility index (Phi) is 5.38. The van der Waals surface area contributed by atoms with E-state index in [1.807, 2.05) is 20.0 Å². The lowest BCUT2D eigenvalue weighted by atomic mass is 10.1. The van der Waals surface area contributed by atoms with Gasteiger partial charge in [-0.1, -0.05) is 12.1 Å². The molecule has 6 nitrogen and oxygen atoms in total. The number of amides is 1. The molecule has 3 rings (SSSR count). The smallest absolute Gasteiger partial charge is 0.239 e. The average Bonchev–Trinajstić information content (AvgIpc) is 3.23. The Morgan fingerprint density at radius 2 is 2.04 bits per heavy atom. The van der Waals surface area contributed by atoms with Gasteiger partial charge >= 0.3 is 0 Å². The molecule has 6 heteroatoms. The molecule has 1 aromatic heterocycles. The Balaban J connectivity index is 1.55. The van der Waals surface area contributed by atoms with Crippen LogP contribution in [-0.2, 0) is 11.8 Å². The lowest BCUT2D eigenvalue weighted by Crippen LogP contribution is -2.30. The van der Waals surface area contributed by atoms with E-state index in [-0.39, 0.29) is 18.5 Å². The van der Waals surface area contributed by atoms with Gasteiger partial charge in [-0.3, -0.25) is 9.48 Å². The first-order valence-corrected chi connectivity index (χ1v) is 8.92. The predicted molar refractivity (Wildman–Crippen MR) is 101 cm³/mol. The molecule has 2 heterocycles. The van der Waals surface area contributed by atoms with E-state index in [0.717, 1.165) is 18.8 Å². The molecule has 0 spiro atoms. The van der Waals surface area contributed by atoms with Gasteiger partial charge in [0.25, 0.3) is 0 Å². The minimum Gasteiger partial charge on any atom is -0.372 e. The van der Waals surface area contributed by atoms with E-state index in [9.17, 15) is 4.79 Å². The van der Waals surface area contributed by atoms with Gasteiger partial charge in [0.05, 0.1) is 12.2 Å². The molecule has 0 radical (unpaired) electrons. The zero-order valence-electron chi connectivity index (χ0n) is 15.2. The fourth-order valence-corrected chi connectivity index (χ4v) is 3.24. The minimum absolute atomic E-state index is 0.0643. The first-order valence-electron chi connectivity index (χ1n) is 8.92. The zero-order valence-corrected chi connectivity index (χ0v) is 15.2. The lowest BCUT2D eigenvalue weighted by molar-refractivity contribution is -0.115. The molecular weight excluding hydrogens is 314 g/mol. The third-order valence-corrected chi connectivity index (χ3v) is 4.68. The van der Waals surface area contributed by atoms with Crippen molar-refractivity contribution >= 4 is 17.4 Å². The van der Waals surface area contributed by atoms with Crippen LogP contribution in [0.3, 0.4) is 0 Å². The minimum atomic E-state index is -0.0643. The van der Waals surface area contributed by atoms with E-state index >= 15 is 0 Å². The molecule has 1 amide bonds. The number of hydrogen-bond donors (Lipinski definition) is 2. The maximum Gasteiger partial charge on any atom is 0.239 e. The molecule has 1 atom stereocenters. The third-order valence-electron chi connectivity index (χ3n) is 4.68. The molecular formula is C19H27N5O. The third kappa shape index (κ3) is 4.39. The summed E-state index contributed by atoms with van der Waals surface area (Å²) in [6.45, 7) is 6.53. The highest BCUT2D eigenvalue weighted by Crippen LogP contribution is 2.23. The van der Waals surface area contributed by atoms with E-state index in [4.69, 9.17) is 0 Å². The number of rotatable bonds is 6. The fraction of sp³-hybridized carbons (Fsp3) is 0.474. The number of hydrogen-bond acceptors (Lipinski definition) is 4. The quantitative estimate of drug-likeness (QED) is 0.848. The van der Waals surface area contributed by atoms with Crippen LogP contribution in [0.4, 0.5) is 11.5 Å². The van der Waals surface area contributed by atoms with Crippen LogP contribution in [0.2, 0.25) is 0 Å². The van der Waals surface area contributed by atoms with Crippen molar-refractivity contribution in [3.05, 3.63) is 41.6 Å². The van der Waals surface area contributed by atoms with Crippen LogP contribution in [0.15, 0.2) is 30.3 Å². The summed E-state index contributed by atoms with van der Waals surface area (Å²) in [5, 5.41) is 10.4. The number of anilines is 2. The molecule has 1 aliphatic heterocycles. The monoisotopic (exact) mass is 341 g/mol. The summed E-state index contributed by atoms with van der Waals surface area (Å²) in [5.74, 6) is 0.651. The van der Waals surface area contributed by atoms with Gasteiger partial charge in [-0.15, -0.1) is 0 Å². The van der Waals surface area contributed by atoms with Gasteiger partial charge < -0.3 is 15.5 Å². The molecule has 0 aliphatic carbocycles. The van der Waals surface area contributed by atoms with Crippen LogP contribution in [0.5, 0.6) is 0 Å². The van der Waals surface area contributed by atoms with Crippen molar-refractivity contribution in [2.24, 2.45) is 7.05 Å². The number of carbonyl (C=O) groups excluding carboxylic acids is 1. The second-order valence-corrected chi connectivity index (χ2v) is 6.73. The topological polar surface area (TPSA) is 62.2 Å². The molecule has 134 valence electrons. The summed E-state index contributed by atoms with van der Waals surface area (Å²) in [5.41, 5.74) is 3.37. The van der Waals surface area contributed by atoms with Crippen LogP contribution in [0.1, 0.15) is 37.1 Å². The molecule has 0 bridgehead atoms. The van der Waals surface area contributed by atoms with E-state index in [0.29, 0.717) is 5.82 Å². The number of carbonyl (C=O) groups is 1. The van der Waals surface area contributed by atoms with Gasteiger partial charge in [-0.2, -0.15) is 5.10 Å². The predicted octanol–water partition coefficient (Wildman–Crippen LogP) is 2.62. The van der Waals surface area contributed by atoms with E-state index in [1.54, 1.807) is 4.68 Å². The number of nitrogens with one attached hydrogen (secondary N) is 2. The molecule has 1 fully saturated rings. The second kappa shape index (κ2) is 7.70. The van der Waals surface area contributed by atoms with E-state index in [1.165, 1.54) is 24.1 Å². The van der Waals surface area contributed by atoms with Gasteiger partial charge in [0.2, 0.25) is 5.91 Å². The summed E-state index contributed by atoms with van der Waals surface area (Å²) in [4.78, 5) is 14.6. The lowest BCUT2D eigenvalue weighted by Gasteiger charge is -2.20. The van der Waals surface area contributed by atoms with Crippen molar-refractivity contribution in [2.75, 3.05) is 29.9 Å². The Morgan fingerprint density at radius 3 is 2.72 bits per heavy atom. The summed E-state index contributed by atoms with van der Waals surface area (Å²) < 4.78 is 1.68. The van der Waals surface area contributed by atoms with Gasteiger partial charge in [0, 0.05) is 37.9 Å². The van der Waals surface area contributed by atoms with E-state index in [2.05, 4.69) is 51.8 Å². The summed E-state index contributed by atoms with van der Waals surface area (Å²) in [6, 6.07) is 10.6. The number of nitrogens with zero attached hydrogens (tertiary/aromatic N) is 3. The van der Waals surface area contributed by atoms with E-state index < -0.39 is 0 Å². The molecule has 0 saturated carbocycles.